The van der Waals surface area contributed by atoms with Gasteiger partial charge in [0.25, 0.3) is 0 Å². The zero-order valence-corrected chi connectivity index (χ0v) is 7.30. The monoisotopic (exact) mass is 192 g/mol. The maximum Gasteiger partial charge on any atom is 0.316 e. The SMILES string of the molecule is COc1ncc(C(Cl)Cl)cn1. The first kappa shape index (κ1) is 8.56. The third-order valence-electron chi connectivity index (χ3n) is 1.08. The summed E-state index contributed by atoms with van der Waals surface area (Å²) >= 11 is 11.1. The largest absolute Gasteiger partial charge is 0.467 e. The molecule has 11 heavy (non-hydrogen) atoms. The van der Waals surface area contributed by atoms with Crippen molar-refractivity contribution >= 4 is 23.2 Å². The van der Waals surface area contributed by atoms with Gasteiger partial charge in [0, 0.05) is 18.0 Å². The fraction of sp³-hybridized carbons (Fsp3) is 0.333. The van der Waals surface area contributed by atoms with Gasteiger partial charge in [0.2, 0.25) is 0 Å². The molecule has 0 aliphatic carbocycles. The van der Waals surface area contributed by atoms with Crippen LogP contribution in [0.4, 0.5) is 0 Å². The Morgan fingerprint density at radius 2 is 1.91 bits per heavy atom. The molecule has 0 spiro atoms. The number of rotatable bonds is 2. The van der Waals surface area contributed by atoms with Crippen molar-refractivity contribution in [3.63, 3.8) is 0 Å². The van der Waals surface area contributed by atoms with E-state index in [1.165, 1.54) is 19.5 Å². The summed E-state index contributed by atoms with van der Waals surface area (Å²) in [4.78, 5) is 7.05. The van der Waals surface area contributed by atoms with Crippen LogP contribution >= 0.6 is 23.2 Å². The van der Waals surface area contributed by atoms with Gasteiger partial charge in [-0.15, -0.1) is 0 Å². The lowest BCUT2D eigenvalue weighted by molar-refractivity contribution is 0.379. The van der Waals surface area contributed by atoms with Gasteiger partial charge in [-0.3, -0.25) is 0 Å². The fourth-order valence-electron chi connectivity index (χ4n) is 0.544. The quantitative estimate of drug-likeness (QED) is 0.673. The molecular formula is C6H6Cl2N2O. The summed E-state index contributed by atoms with van der Waals surface area (Å²) < 4.78 is 4.74. The number of methoxy groups -OCH3 is 1. The molecule has 0 saturated carbocycles. The van der Waals surface area contributed by atoms with Crippen molar-refractivity contribution in [2.45, 2.75) is 4.84 Å². The summed E-state index contributed by atoms with van der Waals surface area (Å²) in [5.74, 6) is 0. The number of alkyl halides is 2. The molecule has 1 heterocycles. The van der Waals surface area contributed by atoms with E-state index < -0.39 is 4.84 Å². The molecule has 0 atom stereocenters. The highest BCUT2D eigenvalue weighted by Gasteiger charge is 2.03. The predicted molar refractivity (Wildman–Crippen MR) is 43.0 cm³/mol. The first-order valence-electron chi connectivity index (χ1n) is 2.88. The zero-order chi connectivity index (χ0) is 8.27. The van der Waals surface area contributed by atoms with Crippen molar-refractivity contribution in [1.82, 2.24) is 9.97 Å². The van der Waals surface area contributed by atoms with Crippen LogP contribution in [0.1, 0.15) is 10.4 Å². The highest BCUT2D eigenvalue weighted by atomic mass is 35.5. The lowest BCUT2D eigenvalue weighted by atomic mass is 10.4. The Kier molecular flexibility index (Phi) is 2.91. The van der Waals surface area contributed by atoms with Gasteiger partial charge in [0.05, 0.1) is 7.11 Å². The van der Waals surface area contributed by atoms with E-state index in [1.807, 2.05) is 0 Å². The molecule has 60 valence electrons. The van der Waals surface area contributed by atoms with E-state index in [1.54, 1.807) is 0 Å². The minimum absolute atomic E-state index is 0.308. The summed E-state index contributed by atoms with van der Waals surface area (Å²) in [6.45, 7) is 0. The van der Waals surface area contributed by atoms with E-state index in [0.717, 1.165) is 0 Å². The first-order chi connectivity index (χ1) is 5.24. The summed E-state index contributed by atoms with van der Waals surface area (Å²) in [7, 11) is 1.49. The van der Waals surface area contributed by atoms with Crippen molar-refractivity contribution in [2.75, 3.05) is 7.11 Å². The van der Waals surface area contributed by atoms with Crippen LogP contribution in [0.2, 0.25) is 0 Å². The molecule has 0 unspecified atom stereocenters. The molecule has 3 nitrogen and oxygen atoms in total. The molecule has 0 aliphatic heterocycles. The molecule has 0 aliphatic rings. The van der Waals surface area contributed by atoms with E-state index in [4.69, 9.17) is 27.9 Å². The number of hydrogen-bond acceptors (Lipinski definition) is 3. The first-order valence-corrected chi connectivity index (χ1v) is 3.75. The normalized spacial score (nSPS) is 10.2. The summed E-state index contributed by atoms with van der Waals surface area (Å²) in [5, 5.41) is 0. The number of nitrogens with zero attached hydrogens (tertiary/aromatic N) is 2. The maximum atomic E-state index is 5.54. The zero-order valence-electron chi connectivity index (χ0n) is 5.79. The molecule has 0 amide bonds. The summed E-state index contributed by atoms with van der Waals surface area (Å²) in [6.07, 6.45) is 3.05. The second-order valence-corrected chi connectivity index (χ2v) is 2.90. The van der Waals surface area contributed by atoms with Crippen molar-refractivity contribution < 1.29 is 4.74 Å². The molecule has 1 aromatic heterocycles. The Balaban J connectivity index is 2.83. The Labute approximate surface area is 74.3 Å². The van der Waals surface area contributed by atoms with Gasteiger partial charge < -0.3 is 4.74 Å². The molecule has 5 heteroatoms. The molecule has 0 fully saturated rings. The Morgan fingerprint density at radius 3 is 2.27 bits per heavy atom. The predicted octanol–water partition coefficient (Wildman–Crippen LogP) is 1.96. The Bertz CT molecular complexity index is 225. The second kappa shape index (κ2) is 3.74. The molecule has 0 bridgehead atoms. The Hall–Kier alpha value is -0.540. The van der Waals surface area contributed by atoms with Crippen molar-refractivity contribution in [3.05, 3.63) is 18.0 Å². The van der Waals surface area contributed by atoms with E-state index in [9.17, 15) is 0 Å². The summed E-state index contributed by atoms with van der Waals surface area (Å²) in [6, 6.07) is 0.308. The van der Waals surface area contributed by atoms with Crippen LogP contribution in [0, 0.1) is 0 Å². The van der Waals surface area contributed by atoms with Crippen LogP contribution in [0.5, 0.6) is 6.01 Å². The number of aromatic nitrogens is 2. The fourth-order valence-corrected chi connectivity index (χ4v) is 0.770. The standard InChI is InChI=1S/C6H6Cl2N2O/c1-11-6-9-2-4(3-10-6)5(7)8/h2-3,5H,1H3. The van der Waals surface area contributed by atoms with Crippen LogP contribution in [0.3, 0.4) is 0 Å². The molecule has 1 aromatic rings. The average Bonchev–Trinajstić information content (AvgIpc) is 2.05. The number of halogens is 2. The van der Waals surface area contributed by atoms with Gasteiger partial charge in [-0.2, -0.15) is 0 Å². The maximum absolute atomic E-state index is 5.54. The third kappa shape index (κ3) is 2.20. The minimum atomic E-state index is -0.582. The van der Waals surface area contributed by atoms with Gasteiger partial charge >= 0.3 is 6.01 Å². The van der Waals surface area contributed by atoms with Gasteiger partial charge in [0.1, 0.15) is 4.84 Å². The smallest absolute Gasteiger partial charge is 0.316 e. The van der Waals surface area contributed by atoms with Crippen LogP contribution in [-0.4, -0.2) is 17.1 Å². The van der Waals surface area contributed by atoms with Crippen LogP contribution in [0.25, 0.3) is 0 Å². The van der Waals surface area contributed by atoms with Gasteiger partial charge in [-0.05, 0) is 0 Å². The van der Waals surface area contributed by atoms with Crippen molar-refractivity contribution in [2.24, 2.45) is 0 Å². The third-order valence-corrected chi connectivity index (χ3v) is 1.59. The molecule has 0 N–H and O–H groups in total. The number of hydrogen-bond donors (Lipinski definition) is 0. The topological polar surface area (TPSA) is 35.0 Å². The van der Waals surface area contributed by atoms with E-state index >= 15 is 0 Å². The van der Waals surface area contributed by atoms with Crippen LogP contribution in [0.15, 0.2) is 12.4 Å². The second-order valence-electron chi connectivity index (χ2n) is 1.80. The minimum Gasteiger partial charge on any atom is -0.467 e. The van der Waals surface area contributed by atoms with Crippen molar-refractivity contribution in [3.8, 4) is 6.01 Å². The van der Waals surface area contributed by atoms with Gasteiger partial charge in [0.15, 0.2) is 0 Å². The number of ether oxygens (including phenoxy) is 1. The summed E-state index contributed by atoms with van der Waals surface area (Å²) in [5.41, 5.74) is 0.661. The van der Waals surface area contributed by atoms with Crippen LogP contribution < -0.4 is 4.74 Å². The van der Waals surface area contributed by atoms with Crippen LogP contribution in [-0.2, 0) is 0 Å². The Morgan fingerprint density at radius 1 is 1.36 bits per heavy atom. The van der Waals surface area contributed by atoms with E-state index in [0.29, 0.717) is 11.6 Å². The average molecular weight is 193 g/mol. The molecule has 0 aromatic carbocycles. The molecule has 0 radical (unpaired) electrons. The highest BCUT2D eigenvalue weighted by Crippen LogP contribution is 2.23. The lowest BCUT2D eigenvalue weighted by Crippen LogP contribution is -1.92. The molecular weight excluding hydrogens is 187 g/mol. The highest BCUT2D eigenvalue weighted by molar-refractivity contribution is 6.44. The van der Waals surface area contributed by atoms with Crippen molar-refractivity contribution in [1.29, 1.82) is 0 Å². The lowest BCUT2D eigenvalue weighted by Gasteiger charge is -2.00. The van der Waals surface area contributed by atoms with E-state index in [2.05, 4.69) is 9.97 Å². The van der Waals surface area contributed by atoms with Gasteiger partial charge in [-0.1, -0.05) is 23.2 Å². The molecule has 0 saturated heterocycles. The van der Waals surface area contributed by atoms with Gasteiger partial charge in [-0.25, -0.2) is 9.97 Å². The van der Waals surface area contributed by atoms with E-state index in [-0.39, 0.29) is 0 Å². The molecule has 1 rings (SSSR count).